The average molecular weight is 140 g/mol. The van der Waals surface area contributed by atoms with Crippen LogP contribution in [0.4, 0.5) is 0 Å². The third-order valence-electron chi connectivity index (χ3n) is 3.28. The summed E-state index contributed by atoms with van der Waals surface area (Å²) in [5.74, 6) is 2.22. The first-order valence-corrected chi connectivity index (χ1v) is 4.78. The molecule has 0 aromatic carbocycles. The minimum atomic E-state index is 1.10. The highest BCUT2D eigenvalue weighted by Gasteiger charge is 2.29. The van der Waals surface area contributed by atoms with E-state index in [1.165, 1.54) is 38.8 Å². The summed E-state index contributed by atoms with van der Waals surface area (Å²) in [6.45, 7) is 2.84. The average Bonchev–Trinajstić information content (AvgIpc) is 2.05. The summed E-state index contributed by atoms with van der Waals surface area (Å²) in [5.41, 5.74) is 0. The summed E-state index contributed by atoms with van der Waals surface area (Å²) in [6, 6.07) is 0. The summed E-state index contributed by atoms with van der Waals surface area (Å²) >= 11 is 0. The molecule has 0 aromatic heterocycles. The maximum absolute atomic E-state index is 2.51. The Labute approximate surface area is 63.2 Å². The van der Waals surface area contributed by atoms with Crippen molar-refractivity contribution in [2.24, 2.45) is 11.8 Å². The van der Waals surface area contributed by atoms with Crippen LogP contribution < -0.4 is 5.32 Å². The van der Waals surface area contributed by atoms with E-state index >= 15 is 0 Å². The highest BCUT2D eigenvalue weighted by atomic mass is 14.9. The van der Waals surface area contributed by atoms with E-state index in [0.717, 1.165) is 11.8 Å². The van der Waals surface area contributed by atoms with Gasteiger partial charge in [0.2, 0.25) is 0 Å². The van der Waals surface area contributed by atoms with Crippen LogP contribution in [0, 0.1) is 11.8 Å². The van der Waals surface area contributed by atoms with Crippen molar-refractivity contribution in [2.75, 3.05) is 13.1 Å². The molecular weight excluding hydrogens is 122 g/mol. The lowest BCUT2D eigenvalue weighted by atomic mass is 9.76. The molecule has 2 rings (SSSR count). The van der Waals surface area contributed by atoms with Crippen molar-refractivity contribution in [3.05, 3.63) is 0 Å². The monoisotopic (exact) mass is 140 g/mol. The number of nitrogens with two attached hydrogens (primary N) is 1. The molecule has 1 saturated carbocycles. The molecule has 2 fully saturated rings. The number of hydrogen-bond donors (Lipinski definition) is 1. The Morgan fingerprint density at radius 2 is 1.70 bits per heavy atom. The van der Waals surface area contributed by atoms with Crippen molar-refractivity contribution in [3.63, 3.8) is 0 Å². The molecule has 0 amide bonds. The maximum Gasteiger partial charge on any atom is 0.0786 e. The van der Waals surface area contributed by atoms with Gasteiger partial charge in [0.25, 0.3) is 0 Å². The van der Waals surface area contributed by atoms with Crippen LogP contribution in [0.1, 0.15) is 32.1 Å². The lowest BCUT2D eigenvalue weighted by Crippen LogP contribution is -2.88. The van der Waals surface area contributed by atoms with Gasteiger partial charge in [0, 0.05) is 5.92 Å². The van der Waals surface area contributed by atoms with E-state index in [9.17, 15) is 0 Å². The fourth-order valence-electron chi connectivity index (χ4n) is 2.64. The van der Waals surface area contributed by atoms with Gasteiger partial charge in [-0.1, -0.05) is 12.8 Å². The van der Waals surface area contributed by atoms with Gasteiger partial charge in [0.1, 0.15) is 0 Å². The van der Waals surface area contributed by atoms with Gasteiger partial charge < -0.3 is 5.32 Å². The molecule has 1 aliphatic heterocycles. The Morgan fingerprint density at radius 1 is 0.900 bits per heavy atom. The molecule has 1 nitrogen and oxygen atoms in total. The van der Waals surface area contributed by atoms with Crippen LogP contribution >= 0.6 is 0 Å². The third kappa shape index (κ3) is 1.20. The molecule has 0 radical (unpaired) electrons. The molecule has 1 heteroatoms. The molecule has 2 aliphatic rings. The van der Waals surface area contributed by atoms with Crippen LogP contribution in [0.5, 0.6) is 0 Å². The van der Waals surface area contributed by atoms with Crippen LogP contribution in [0.3, 0.4) is 0 Å². The highest BCUT2D eigenvalue weighted by molar-refractivity contribution is 4.75. The van der Waals surface area contributed by atoms with Crippen molar-refractivity contribution in [3.8, 4) is 0 Å². The number of piperidine rings is 1. The lowest BCUT2D eigenvalue weighted by molar-refractivity contribution is -0.672. The van der Waals surface area contributed by atoms with E-state index in [2.05, 4.69) is 5.32 Å². The van der Waals surface area contributed by atoms with Gasteiger partial charge in [-0.2, -0.15) is 0 Å². The van der Waals surface area contributed by atoms with Crippen LogP contribution in [0.15, 0.2) is 0 Å². The standard InChI is InChI=1S/C9H17N/c1-2-4-9-7-10-6-5-8(9)3-1/h8-10H,1-7H2/p+1/t8-,9+/m0/s1. The molecule has 2 N–H and O–H groups in total. The zero-order valence-electron chi connectivity index (χ0n) is 6.68. The van der Waals surface area contributed by atoms with Gasteiger partial charge in [0.05, 0.1) is 13.1 Å². The molecule has 0 bridgehead atoms. The van der Waals surface area contributed by atoms with Gasteiger partial charge in [-0.25, -0.2) is 0 Å². The van der Waals surface area contributed by atoms with Crippen LogP contribution in [0.2, 0.25) is 0 Å². The molecule has 2 atom stereocenters. The quantitative estimate of drug-likeness (QED) is 0.511. The zero-order chi connectivity index (χ0) is 6.81. The van der Waals surface area contributed by atoms with Crippen molar-refractivity contribution < 1.29 is 5.32 Å². The van der Waals surface area contributed by atoms with E-state index in [-0.39, 0.29) is 0 Å². The summed E-state index contributed by atoms with van der Waals surface area (Å²) in [4.78, 5) is 0. The smallest absolute Gasteiger partial charge is 0.0786 e. The van der Waals surface area contributed by atoms with Crippen molar-refractivity contribution in [1.82, 2.24) is 0 Å². The van der Waals surface area contributed by atoms with E-state index in [4.69, 9.17) is 0 Å². The number of fused-ring (bicyclic) bond motifs is 1. The Bertz CT molecular complexity index is 85.3. The third-order valence-corrected chi connectivity index (χ3v) is 3.28. The normalized spacial score (nSPS) is 40.8. The SMILES string of the molecule is C1CC[C@@H]2C[NH2+]CC[C@@H]2C1. The molecule has 0 unspecified atom stereocenters. The first-order valence-electron chi connectivity index (χ1n) is 4.78. The van der Waals surface area contributed by atoms with Crippen molar-refractivity contribution >= 4 is 0 Å². The Hall–Kier alpha value is -0.0400. The summed E-state index contributed by atoms with van der Waals surface area (Å²) in [6.07, 6.45) is 7.60. The molecular formula is C9H18N+. The topological polar surface area (TPSA) is 16.6 Å². The van der Waals surface area contributed by atoms with Gasteiger partial charge in [0.15, 0.2) is 0 Å². The van der Waals surface area contributed by atoms with E-state index in [1.807, 2.05) is 0 Å². The second kappa shape index (κ2) is 2.91. The number of quaternary nitrogens is 1. The van der Waals surface area contributed by atoms with E-state index in [1.54, 1.807) is 6.42 Å². The van der Waals surface area contributed by atoms with Crippen molar-refractivity contribution in [2.45, 2.75) is 32.1 Å². The summed E-state index contributed by atoms with van der Waals surface area (Å²) in [5, 5.41) is 2.51. The fraction of sp³-hybridized carbons (Fsp3) is 1.00. The highest BCUT2D eigenvalue weighted by Crippen LogP contribution is 2.31. The predicted octanol–water partition coefficient (Wildman–Crippen LogP) is 0.760. The minimum absolute atomic E-state index is 1.10. The van der Waals surface area contributed by atoms with E-state index in [0.29, 0.717) is 0 Å². The predicted molar refractivity (Wildman–Crippen MR) is 41.7 cm³/mol. The molecule has 0 aromatic rings. The lowest BCUT2D eigenvalue weighted by Gasteiger charge is -2.33. The Balaban J connectivity index is 1.93. The molecule has 10 heavy (non-hydrogen) atoms. The van der Waals surface area contributed by atoms with E-state index < -0.39 is 0 Å². The van der Waals surface area contributed by atoms with Crippen LogP contribution in [-0.4, -0.2) is 13.1 Å². The summed E-state index contributed by atoms with van der Waals surface area (Å²) in [7, 11) is 0. The second-order valence-corrected chi connectivity index (χ2v) is 3.91. The number of rotatable bonds is 0. The Kier molecular flexibility index (Phi) is 1.94. The van der Waals surface area contributed by atoms with Gasteiger partial charge in [-0.3, -0.25) is 0 Å². The Morgan fingerprint density at radius 3 is 2.50 bits per heavy atom. The summed E-state index contributed by atoms with van der Waals surface area (Å²) < 4.78 is 0. The first-order chi connectivity index (χ1) is 4.97. The largest absolute Gasteiger partial charge is 0.346 e. The second-order valence-electron chi connectivity index (χ2n) is 3.91. The van der Waals surface area contributed by atoms with Gasteiger partial charge >= 0.3 is 0 Å². The van der Waals surface area contributed by atoms with Gasteiger partial charge in [-0.05, 0) is 25.2 Å². The van der Waals surface area contributed by atoms with Crippen LogP contribution in [-0.2, 0) is 0 Å². The zero-order valence-corrected chi connectivity index (χ0v) is 6.68. The first kappa shape index (κ1) is 6.66. The van der Waals surface area contributed by atoms with Crippen LogP contribution in [0.25, 0.3) is 0 Å². The molecule has 1 heterocycles. The molecule has 0 spiro atoms. The van der Waals surface area contributed by atoms with Crippen molar-refractivity contribution in [1.29, 1.82) is 0 Å². The molecule has 1 saturated heterocycles. The maximum atomic E-state index is 2.51. The van der Waals surface area contributed by atoms with Gasteiger partial charge in [-0.15, -0.1) is 0 Å². The molecule has 58 valence electrons. The molecule has 1 aliphatic carbocycles. The fourth-order valence-corrected chi connectivity index (χ4v) is 2.64. The minimum Gasteiger partial charge on any atom is -0.346 e. The number of hydrogen-bond acceptors (Lipinski definition) is 0.